The highest BCUT2D eigenvalue weighted by molar-refractivity contribution is 7.99. The number of ether oxygens (including phenoxy) is 1. The monoisotopic (exact) mass is 302 g/mol. The second-order valence-electron chi connectivity index (χ2n) is 5.35. The van der Waals surface area contributed by atoms with Gasteiger partial charge in [0.15, 0.2) is 0 Å². The molecule has 0 rings (SSSR count). The van der Waals surface area contributed by atoms with Crippen LogP contribution in [-0.2, 0) is 9.53 Å². The zero-order valence-corrected chi connectivity index (χ0v) is 14.4. The first-order valence-corrected chi connectivity index (χ1v) is 9.70. The lowest BCUT2D eigenvalue weighted by molar-refractivity contribution is -0.142. The number of hydrogen-bond acceptors (Lipinski definition) is 3. The molecule has 0 spiro atoms. The maximum atomic E-state index is 11.1. The number of thioether (sulfide) groups is 1. The van der Waals surface area contributed by atoms with Gasteiger partial charge in [-0.3, -0.25) is 4.79 Å². The van der Waals surface area contributed by atoms with E-state index in [9.17, 15) is 4.79 Å². The van der Waals surface area contributed by atoms with Crippen molar-refractivity contribution in [3.63, 3.8) is 0 Å². The fourth-order valence-corrected chi connectivity index (χ4v) is 3.11. The highest BCUT2D eigenvalue weighted by Gasteiger charge is 2.00. The molecule has 0 aliphatic rings. The van der Waals surface area contributed by atoms with Crippen LogP contribution in [0.2, 0.25) is 0 Å². The van der Waals surface area contributed by atoms with Gasteiger partial charge in [-0.05, 0) is 19.1 Å². The predicted molar refractivity (Wildman–Crippen MR) is 90.4 cm³/mol. The van der Waals surface area contributed by atoms with E-state index < -0.39 is 0 Å². The summed E-state index contributed by atoms with van der Waals surface area (Å²) in [5, 5.41) is 0. The summed E-state index contributed by atoms with van der Waals surface area (Å²) in [6.45, 7) is 4.63. The lowest BCUT2D eigenvalue weighted by Crippen LogP contribution is -2.04. The molecular formula is C17H34O2S. The molecule has 0 radical (unpaired) electrons. The molecule has 0 atom stereocenters. The SMILES string of the molecule is CCCCCCCCCCCCSCCC(=O)OCC. The fraction of sp³-hybridized carbons (Fsp3) is 0.941. The van der Waals surface area contributed by atoms with Crippen LogP contribution in [0, 0.1) is 0 Å². The van der Waals surface area contributed by atoms with Crippen LogP contribution in [0.4, 0.5) is 0 Å². The smallest absolute Gasteiger partial charge is 0.306 e. The van der Waals surface area contributed by atoms with Crippen molar-refractivity contribution in [2.45, 2.75) is 84.5 Å². The first-order chi connectivity index (χ1) is 9.81. The molecule has 0 amide bonds. The van der Waals surface area contributed by atoms with Gasteiger partial charge >= 0.3 is 5.97 Å². The molecule has 0 fully saturated rings. The molecule has 3 heteroatoms. The van der Waals surface area contributed by atoms with Gasteiger partial charge in [0, 0.05) is 5.75 Å². The quantitative estimate of drug-likeness (QED) is 0.291. The second kappa shape index (κ2) is 16.9. The molecule has 0 bridgehead atoms. The number of hydrogen-bond donors (Lipinski definition) is 0. The van der Waals surface area contributed by atoms with E-state index in [2.05, 4.69) is 6.92 Å². The first-order valence-electron chi connectivity index (χ1n) is 8.54. The van der Waals surface area contributed by atoms with E-state index in [-0.39, 0.29) is 5.97 Å². The standard InChI is InChI=1S/C17H34O2S/c1-3-5-6-7-8-9-10-11-12-13-15-20-16-14-17(18)19-4-2/h3-16H2,1-2H3. The Morgan fingerprint density at radius 1 is 0.800 bits per heavy atom. The molecule has 20 heavy (non-hydrogen) atoms. The molecule has 0 heterocycles. The van der Waals surface area contributed by atoms with Crippen molar-refractivity contribution in [3.8, 4) is 0 Å². The lowest BCUT2D eigenvalue weighted by atomic mass is 10.1. The Hall–Kier alpha value is -0.180. The summed E-state index contributed by atoms with van der Waals surface area (Å²) in [6, 6.07) is 0. The molecule has 0 N–H and O–H groups in total. The van der Waals surface area contributed by atoms with Crippen molar-refractivity contribution in [2.24, 2.45) is 0 Å². The third-order valence-corrected chi connectivity index (χ3v) is 4.47. The van der Waals surface area contributed by atoms with Crippen LogP contribution >= 0.6 is 11.8 Å². The topological polar surface area (TPSA) is 26.3 Å². The van der Waals surface area contributed by atoms with Crippen molar-refractivity contribution < 1.29 is 9.53 Å². The van der Waals surface area contributed by atoms with Gasteiger partial charge in [-0.25, -0.2) is 0 Å². The summed E-state index contributed by atoms with van der Waals surface area (Å²) in [5.41, 5.74) is 0. The fourth-order valence-electron chi connectivity index (χ4n) is 2.18. The van der Waals surface area contributed by atoms with Gasteiger partial charge in [-0.1, -0.05) is 64.7 Å². The van der Waals surface area contributed by atoms with Crippen LogP contribution in [0.5, 0.6) is 0 Å². The summed E-state index contributed by atoms with van der Waals surface area (Å²) in [5.74, 6) is 2.05. The number of carbonyl (C=O) groups is 1. The Morgan fingerprint density at radius 3 is 1.90 bits per heavy atom. The molecule has 0 aromatic heterocycles. The number of carbonyl (C=O) groups excluding carboxylic acids is 1. The molecule has 2 nitrogen and oxygen atoms in total. The Balaban J connectivity index is 3.01. The highest BCUT2D eigenvalue weighted by atomic mass is 32.2. The van der Waals surface area contributed by atoms with Crippen molar-refractivity contribution in [1.82, 2.24) is 0 Å². The Labute approximate surface area is 130 Å². The van der Waals surface area contributed by atoms with Crippen LogP contribution in [0.1, 0.15) is 84.5 Å². The normalized spacial score (nSPS) is 10.7. The van der Waals surface area contributed by atoms with Crippen LogP contribution in [0.3, 0.4) is 0 Å². The summed E-state index contributed by atoms with van der Waals surface area (Å²) >= 11 is 1.88. The third-order valence-electron chi connectivity index (χ3n) is 3.40. The van der Waals surface area contributed by atoms with Crippen molar-refractivity contribution >= 4 is 17.7 Å². The van der Waals surface area contributed by atoms with E-state index in [1.165, 1.54) is 70.0 Å². The third kappa shape index (κ3) is 15.9. The minimum absolute atomic E-state index is 0.0527. The number of rotatable bonds is 15. The van der Waals surface area contributed by atoms with Gasteiger partial charge in [-0.2, -0.15) is 11.8 Å². The number of esters is 1. The van der Waals surface area contributed by atoms with Crippen LogP contribution < -0.4 is 0 Å². The zero-order valence-electron chi connectivity index (χ0n) is 13.6. The second-order valence-corrected chi connectivity index (χ2v) is 6.57. The number of unbranched alkanes of at least 4 members (excludes halogenated alkanes) is 9. The summed E-state index contributed by atoms with van der Waals surface area (Å²) in [6.07, 6.45) is 14.4. The minimum Gasteiger partial charge on any atom is -0.466 e. The van der Waals surface area contributed by atoms with Gasteiger partial charge in [0.25, 0.3) is 0 Å². The molecular weight excluding hydrogens is 268 g/mol. The van der Waals surface area contributed by atoms with E-state index in [4.69, 9.17) is 4.74 Å². The first kappa shape index (κ1) is 19.8. The van der Waals surface area contributed by atoms with Gasteiger partial charge in [0.1, 0.15) is 0 Å². The molecule has 0 saturated heterocycles. The summed E-state index contributed by atoms with van der Waals surface area (Å²) in [7, 11) is 0. The van der Waals surface area contributed by atoms with Gasteiger partial charge in [-0.15, -0.1) is 0 Å². The molecule has 0 saturated carbocycles. The summed E-state index contributed by atoms with van der Waals surface area (Å²) in [4.78, 5) is 11.1. The molecule has 120 valence electrons. The molecule has 0 unspecified atom stereocenters. The van der Waals surface area contributed by atoms with Gasteiger partial charge < -0.3 is 4.74 Å². The van der Waals surface area contributed by atoms with Crippen molar-refractivity contribution in [2.75, 3.05) is 18.1 Å². The Bertz CT molecular complexity index is 207. The van der Waals surface area contributed by atoms with E-state index in [0.29, 0.717) is 13.0 Å². The van der Waals surface area contributed by atoms with Gasteiger partial charge in [0.2, 0.25) is 0 Å². The maximum absolute atomic E-state index is 11.1. The maximum Gasteiger partial charge on any atom is 0.306 e. The van der Waals surface area contributed by atoms with Crippen LogP contribution in [0.25, 0.3) is 0 Å². The van der Waals surface area contributed by atoms with Gasteiger partial charge in [0.05, 0.1) is 13.0 Å². The highest BCUT2D eigenvalue weighted by Crippen LogP contribution is 2.12. The lowest BCUT2D eigenvalue weighted by Gasteiger charge is -2.03. The van der Waals surface area contributed by atoms with E-state index >= 15 is 0 Å². The molecule has 0 aromatic rings. The summed E-state index contributed by atoms with van der Waals surface area (Å²) < 4.78 is 4.90. The minimum atomic E-state index is -0.0527. The van der Waals surface area contributed by atoms with Crippen LogP contribution in [0.15, 0.2) is 0 Å². The molecule has 0 aliphatic carbocycles. The average Bonchev–Trinajstić information content (AvgIpc) is 2.44. The largest absolute Gasteiger partial charge is 0.466 e. The Morgan fingerprint density at radius 2 is 1.35 bits per heavy atom. The Kier molecular flexibility index (Phi) is 16.7. The van der Waals surface area contributed by atoms with Crippen LogP contribution in [-0.4, -0.2) is 24.1 Å². The molecule has 0 aliphatic heterocycles. The molecule has 0 aromatic carbocycles. The van der Waals surface area contributed by atoms with Crippen molar-refractivity contribution in [3.05, 3.63) is 0 Å². The van der Waals surface area contributed by atoms with E-state index in [1.807, 2.05) is 18.7 Å². The average molecular weight is 303 g/mol. The zero-order chi connectivity index (χ0) is 14.9. The van der Waals surface area contributed by atoms with Crippen molar-refractivity contribution in [1.29, 1.82) is 0 Å². The van der Waals surface area contributed by atoms with E-state index in [0.717, 1.165) is 5.75 Å². The van der Waals surface area contributed by atoms with E-state index in [1.54, 1.807) is 0 Å². The predicted octanol–water partition coefficient (Wildman–Crippen LogP) is 5.59.